The molecule has 0 aliphatic heterocycles. The molecule has 0 atom stereocenters. The topological polar surface area (TPSA) is 113 Å². The molecule has 0 aliphatic rings. The predicted molar refractivity (Wildman–Crippen MR) is 148 cm³/mol. The van der Waals surface area contributed by atoms with Crippen LogP contribution in [-0.4, -0.2) is 43.2 Å². The van der Waals surface area contributed by atoms with Gasteiger partial charge < -0.3 is 30.0 Å². The number of nitrogens with one attached hydrogen (secondary N) is 1. The number of methoxy groups -OCH3 is 2. The second-order valence-electron chi connectivity index (χ2n) is 8.19. The summed E-state index contributed by atoms with van der Waals surface area (Å²) >= 11 is 0. The molecular weight excluding hydrogens is 482 g/mol. The number of nitrogens with two attached hydrogens (primary N) is 1. The molecule has 0 unspecified atom stereocenters. The minimum Gasteiger partial charge on any atom is -0.497 e. The maximum atomic E-state index is 6.09. The lowest BCUT2D eigenvalue weighted by Gasteiger charge is -2.09. The van der Waals surface area contributed by atoms with Crippen molar-refractivity contribution in [2.45, 2.75) is 13.0 Å². The van der Waals surface area contributed by atoms with Crippen LogP contribution in [0.1, 0.15) is 17.8 Å². The third-order valence-corrected chi connectivity index (χ3v) is 5.51. The van der Waals surface area contributed by atoms with Gasteiger partial charge in [0.15, 0.2) is 0 Å². The van der Waals surface area contributed by atoms with Crippen molar-refractivity contribution in [2.75, 3.05) is 32.8 Å². The molecule has 9 nitrogen and oxygen atoms in total. The molecule has 4 rings (SSSR count). The molecular formula is C29H31N5O4. The second kappa shape index (κ2) is 13.5. The van der Waals surface area contributed by atoms with Gasteiger partial charge >= 0.3 is 0 Å². The molecule has 0 saturated carbocycles. The largest absolute Gasteiger partial charge is 0.497 e. The van der Waals surface area contributed by atoms with E-state index >= 15 is 0 Å². The summed E-state index contributed by atoms with van der Waals surface area (Å²) in [7, 11) is 3.27. The van der Waals surface area contributed by atoms with Crippen molar-refractivity contribution >= 4 is 17.2 Å². The Hall–Kier alpha value is -4.79. The van der Waals surface area contributed by atoms with Gasteiger partial charge in [-0.25, -0.2) is 9.98 Å². The van der Waals surface area contributed by atoms with E-state index in [0.29, 0.717) is 43.5 Å². The molecule has 0 spiro atoms. The summed E-state index contributed by atoms with van der Waals surface area (Å²) in [4.78, 5) is 13.2. The van der Waals surface area contributed by atoms with Gasteiger partial charge in [0.25, 0.3) is 0 Å². The number of benzene rings is 2. The number of ether oxygens (including phenoxy) is 4. The number of nitrogens with zero attached hydrogens (tertiary/aromatic N) is 3. The lowest BCUT2D eigenvalue weighted by atomic mass is 10.3. The molecule has 2 aromatic heterocycles. The zero-order valence-corrected chi connectivity index (χ0v) is 21.5. The van der Waals surface area contributed by atoms with Crippen LogP contribution in [0.2, 0.25) is 0 Å². The maximum Gasteiger partial charge on any atom is 0.150 e. The van der Waals surface area contributed by atoms with Crippen molar-refractivity contribution in [1.82, 2.24) is 9.97 Å². The maximum absolute atomic E-state index is 6.09. The first kappa shape index (κ1) is 26.3. The summed E-state index contributed by atoms with van der Waals surface area (Å²) in [6.07, 6.45) is 4.07. The standard InChI is InChI=1S/C29H31N5O4/c1-35-24-9-4-21(5-10-24)31-18-23-8-13-26(19-32-23)37-16-3-17-38-27-14-15-28(33-20-27)29(30)34-22-6-11-25(36-2)12-7-22/h4-15,19-20,31H,3,16-18H2,1-2H3,(H2,30,34). The van der Waals surface area contributed by atoms with Crippen LogP contribution in [0, 0.1) is 0 Å². The lowest BCUT2D eigenvalue weighted by Crippen LogP contribution is -2.14. The Labute approximate surface area is 222 Å². The highest BCUT2D eigenvalue weighted by Crippen LogP contribution is 2.19. The molecule has 0 amide bonds. The molecule has 0 fully saturated rings. The predicted octanol–water partition coefficient (Wildman–Crippen LogP) is 4.99. The number of amidine groups is 1. The molecule has 0 aliphatic carbocycles. The third-order valence-electron chi connectivity index (χ3n) is 5.51. The normalized spacial score (nSPS) is 11.1. The Morgan fingerprint density at radius 1 is 0.737 bits per heavy atom. The number of anilines is 1. The Kier molecular flexibility index (Phi) is 9.33. The molecule has 0 saturated heterocycles. The summed E-state index contributed by atoms with van der Waals surface area (Å²) < 4.78 is 21.9. The van der Waals surface area contributed by atoms with E-state index < -0.39 is 0 Å². The molecule has 3 N–H and O–H groups in total. The van der Waals surface area contributed by atoms with E-state index in [1.807, 2.05) is 66.7 Å². The first-order valence-electron chi connectivity index (χ1n) is 12.2. The van der Waals surface area contributed by atoms with Gasteiger partial charge in [-0.05, 0) is 72.8 Å². The van der Waals surface area contributed by atoms with Crippen molar-refractivity contribution in [1.29, 1.82) is 0 Å². The van der Waals surface area contributed by atoms with Crippen LogP contribution in [0.25, 0.3) is 0 Å². The number of aromatic nitrogens is 2. The molecule has 0 radical (unpaired) electrons. The van der Waals surface area contributed by atoms with Crippen molar-refractivity contribution in [2.24, 2.45) is 10.7 Å². The molecule has 38 heavy (non-hydrogen) atoms. The van der Waals surface area contributed by atoms with Gasteiger partial charge in [-0.15, -0.1) is 0 Å². The van der Waals surface area contributed by atoms with Gasteiger partial charge in [0.05, 0.1) is 57.8 Å². The summed E-state index contributed by atoms with van der Waals surface area (Å²) in [6.45, 7) is 1.62. The van der Waals surface area contributed by atoms with E-state index in [1.165, 1.54) is 0 Å². The fraction of sp³-hybridized carbons (Fsp3) is 0.207. The quantitative estimate of drug-likeness (QED) is 0.146. The van der Waals surface area contributed by atoms with E-state index in [9.17, 15) is 0 Å². The smallest absolute Gasteiger partial charge is 0.150 e. The highest BCUT2D eigenvalue weighted by Gasteiger charge is 2.04. The van der Waals surface area contributed by atoms with E-state index in [1.54, 1.807) is 32.7 Å². The fourth-order valence-corrected chi connectivity index (χ4v) is 3.41. The first-order valence-corrected chi connectivity index (χ1v) is 12.2. The average molecular weight is 514 g/mol. The molecule has 2 aromatic carbocycles. The van der Waals surface area contributed by atoms with Crippen molar-refractivity contribution in [3.8, 4) is 23.0 Å². The van der Waals surface area contributed by atoms with Crippen LogP contribution in [-0.2, 0) is 6.54 Å². The minimum absolute atomic E-state index is 0.325. The molecule has 4 aromatic rings. The van der Waals surface area contributed by atoms with Crippen molar-refractivity contribution in [3.63, 3.8) is 0 Å². The van der Waals surface area contributed by atoms with Gasteiger partial charge in [-0.1, -0.05) is 0 Å². The number of hydrogen-bond acceptors (Lipinski definition) is 8. The van der Waals surface area contributed by atoms with Crippen LogP contribution in [0.3, 0.4) is 0 Å². The summed E-state index contributed by atoms with van der Waals surface area (Å²) in [5.74, 6) is 3.28. The Balaban J connectivity index is 1.15. The number of pyridine rings is 2. The molecule has 196 valence electrons. The van der Waals surface area contributed by atoms with Gasteiger partial charge in [0.1, 0.15) is 34.5 Å². The summed E-state index contributed by atoms with van der Waals surface area (Å²) in [5.41, 5.74) is 9.31. The van der Waals surface area contributed by atoms with Gasteiger partial charge in [-0.3, -0.25) is 4.98 Å². The minimum atomic E-state index is 0.325. The van der Waals surface area contributed by atoms with Crippen molar-refractivity contribution < 1.29 is 18.9 Å². The van der Waals surface area contributed by atoms with E-state index in [-0.39, 0.29) is 0 Å². The monoisotopic (exact) mass is 513 g/mol. The van der Waals surface area contributed by atoms with E-state index in [2.05, 4.69) is 20.3 Å². The highest BCUT2D eigenvalue weighted by atomic mass is 16.5. The number of hydrogen-bond donors (Lipinski definition) is 2. The Bertz CT molecular complexity index is 1290. The summed E-state index contributed by atoms with van der Waals surface area (Å²) in [5, 5.41) is 3.33. The number of rotatable bonds is 13. The van der Waals surface area contributed by atoms with E-state index in [4.69, 9.17) is 24.7 Å². The Morgan fingerprint density at radius 2 is 1.32 bits per heavy atom. The molecule has 2 heterocycles. The Morgan fingerprint density at radius 3 is 1.87 bits per heavy atom. The van der Waals surface area contributed by atoms with Crippen LogP contribution in [0.15, 0.2) is 90.2 Å². The zero-order valence-electron chi connectivity index (χ0n) is 21.5. The van der Waals surface area contributed by atoms with Crippen LogP contribution in [0.4, 0.5) is 11.4 Å². The van der Waals surface area contributed by atoms with Crippen LogP contribution < -0.4 is 30.0 Å². The van der Waals surface area contributed by atoms with Gasteiger partial charge in [0.2, 0.25) is 0 Å². The van der Waals surface area contributed by atoms with Gasteiger partial charge in [0, 0.05) is 12.1 Å². The first-order chi connectivity index (χ1) is 18.6. The SMILES string of the molecule is COc1ccc(N=C(N)c2ccc(OCCCOc3ccc(CNc4ccc(OC)cc4)nc3)cn2)cc1. The van der Waals surface area contributed by atoms with Crippen LogP contribution in [0.5, 0.6) is 23.0 Å². The van der Waals surface area contributed by atoms with Crippen LogP contribution >= 0.6 is 0 Å². The zero-order chi connectivity index (χ0) is 26.6. The highest BCUT2D eigenvalue weighted by molar-refractivity contribution is 5.97. The second-order valence-corrected chi connectivity index (χ2v) is 8.19. The van der Waals surface area contributed by atoms with E-state index in [0.717, 1.165) is 34.3 Å². The fourth-order valence-electron chi connectivity index (χ4n) is 3.41. The lowest BCUT2D eigenvalue weighted by molar-refractivity contribution is 0.246. The third kappa shape index (κ3) is 7.86. The average Bonchev–Trinajstić information content (AvgIpc) is 2.97. The molecule has 0 bridgehead atoms. The van der Waals surface area contributed by atoms with Crippen molar-refractivity contribution in [3.05, 3.63) is 96.6 Å². The molecule has 9 heteroatoms. The number of aliphatic imine (C=N–C) groups is 1. The summed E-state index contributed by atoms with van der Waals surface area (Å²) in [6, 6.07) is 22.5. The van der Waals surface area contributed by atoms with Gasteiger partial charge in [-0.2, -0.15) is 0 Å².